The summed E-state index contributed by atoms with van der Waals surface area (Å²) >= 11 is 0. The first-order valence-corrected chi connectivity index (χ1v) is 5.06. The number of allylic oxidation sites excluding steroid dienone is 4. The molecule has 0 aromatic carbocycles. The Bertz CT molecular complexity index is 336. The Balaban J connectivity index is 0.000000921. The molecule has 82 valence electrons. The molecule has 1 N–H and O–H groups in total. The first-order chi connectivity index (χ1) is 7.20. The van der Waals surface area contributed by atoms with Gasteiger partial charge in [0.1, 0.15) is 0 Å². The van der Waals surface area contributed by atoms with Crippen LogP contribution in [0.15, 0.2) is 35.5 Å². The molecule has 1 saturated heterocycles. The lowest BCUT2D eigenvalue weighted by atomic mass is 10.1. The monoisotopic (exact) mass is 207 g/mol. The molecule has 3 nitrogen and oxygen atoms in total. The SMILES string of the molecule is C/C=C/C=C1/C(=O)NC(=O)/C1=C/C.CC. The normalized spacial score (nSPS) is 20.8. The third-order valence-electron chi connectivity index (χ3n) is 1.75. The maximum Gasteiger partial charge on any atom is 0.258 e. The minimum Gasteiger partial charge on any atom is -0.288 e. The molecule has 0 aromatic heterocycles. The summed E-state index contributed by atoms with van der Waals surface area (Å²) in [4.78, 5) is 22.3. The summed E-state index contributed by atoms with van der Waals surface area (Å²) in [7, 11) is 0. The van der Waals surface area contributed by atoms with Crippen molar-refractivity contribution in [1.82, 2.24) is 5.32 Å². The van der Waals surface area contributed by atoms with Crippen molar-refractivity contribution in [2.24, 2.45) is 0 Å². The summed E-state index contributed by atoms with van der Waals surface area (Å²) in [6, 6.07) is 0. The zero-order chi connectivity index (χ0) is 11.8. The average molecular weight is 207 g/mol. The molecule has 1 rings (SSSR count). The molecular weight excluding hydrogens is 190 g/mol. The van der Waals surface area contributed by atoms with Crippen molar-refractivity contribution in [3.8, 4) is 0 Å². The van der Waals surface area contributed by atoms with Crippen LogP contribution in [0.5, 0.6) is 0 Å². The van der Waals surface area contributed by atoms with Crippen LogP contribution < -0.4 is 5.32 Å². The van der Waals surface area contributed by atoms with E-state index in [0.717, 1.165) is 0 Å². The third-order valence-corrected chi connectivity index (χ3v) is 1.75. The van der Waals surface area contributed by atoms with Crippen LogP contribution in [-0.2, 0) is 9.59 Å². The Morgan fingerprint density at radius 2 is 1.53 bits per heavy atom. The Labute approximate surface area is 90.6 Å². The smallest absolute Gasteiger partial charge is 0.258 e. The van der Waals surface area contributed by atoms with Gasteiger partial charge in [-0.1, -0.05) is 32.1 Å². The molecule has 0 aliphatic carbocycles. The molecule has 0 aromatic rings. The van der Waals surface area contributed by atoms with Crippen LogP contribution in [0.4, 0.5) is 0 Å². The van der Waals surface area contributed by atoms with E-state index in [1.165, 1.54) is 0 Å². The van der Waals surface area contributed by atoms with E-state index in [1.54, 1.807) is 31.2 Å². The van der Waals surface area contributed by atoms with Gasteiger partial charge in [0.25, 0.3) is 11.8 Å². The summed E-state index contributed by atoms with van der Waals surface area (Å²) in [5.74, 6) is -0.639. The van der Waals surface area contributed by atoms with E-state index in [2.05, 4.69) is 5.32 Å². The second-order valence-electron chi connectivity index (χ2n) is 2.59. The fourth-order valence-corrected chi connectivity index (χ4v) is 1.13. The molecular formula is C12H17NO2. The largest absolute Gasteiger partial charge is 0.288 e. The number of carbonyl (C=O) groups excluding carboxylic acids is 2. The van der Waals surface area contributed by atoms with Crippen LogP contribution in [0.1, 0.15) is 27.7 Å². The van der Waals surface area contributed by atoms with Gasteiger partial charge < -0.3 is 0 Å². The predicted octanol–water partition coefficient (Wildman–Crippen LogP) is 2.12. The number of amides is 2. The van der Waals surface area contributed by atoms with E-state index in [-0.39, 0.29) is 11.8 Å². The third kappa shape index (κ3) is 3.20. The average Bonchev–Trinajstić information content (AvgIpc) is 2.52. The van der Waals surface area contributed by atoms with E-state index in [1.807, 2.05) is 20.8 Å². The van der Waals surface area contributed by atoms with Gasteiger partial charge in [-0.25, -0.2) is 0 Å². The molecule has 0 bridgehead atoms. The van der Waals surface area contributed by atoms with Gasteiger partial charge in [0.2, 0.25) is 0 Å². The number of rotatable bonds is 1. The molecule has 0 saturated carbocycles. The van der Waals surface area contributed by atoms with Crippen molar-refractivity contribution in [1.29, 1.82) is 0 Å². The Morgan fingerprint density at radius 1 is 1.00 bits per heavy atom. The number of carbonyl (C=O) groups is 2. The van der Waals surface area contributed by atoms with Gasteiger partial charge in [0.05, 0.1) is 5.57 Å². The van der Waals surface area contributed by atoms with Gasteiger partial charge in [0.15, 0.2) is 0 Å². The number of imide groups is 1. The molecule has 0 spiro atoms. The second kappa shape index (κ2) is 6.76. The topological polar surface area (TPSA) is 46.2 Å². The first kappa shape index (κ1) is 13.4. The number of nitrogens with one attached hydrogen (secondary N) is 1. The predicted molar refractivity (Wildman–Crippen MR) is 61.2 cm³/mol. The fraction of sp³-hybridized carbons (Fsp3) is 0.333. The lowest BCUT2D eigenvalue weighted by molar-refractivity contribution is -0.123. The second-order valence-corrected chi connectivity index (χ2v) is 2.59. The summed E-state index contributed by atoms with van der Waals surface area (Å²) in [6.07, 6.45) is 6.80. The van der Waals surface area contributed by atoms with E-state index < -0.39 is 0 Å². The lowest BCUT2D eigenvalue weighted by Gasteiger charge is -1.90. The van der Waals surface area contributed by atoms with Crippen molar-refractivity contribution in [2.75, 3.05) is 0 Å². The van der Waals surface area contributed by atoms with Crippen LogP contribution >= 0.6 is 0 Å². The highest BCUT2D eigenvalue weighted by Gasteiger charge is 2.28. The van der Waals surface area contributed by atoms with E-state index >= 15 is 0 Å². The van der Waals surface area contributed by atoms with Crippen LogP contribution in [0, 0.1) is 0 Å². The molecule has 0 unspecified atom stereocenters. The minimum absolute atomic E-state index is 0.316. The fourth-order valence-electron chi connectivity index (χ4n) is 1.13. The maximum atomic E-state index is 11.2. The van der Waals surface area contributed by atoms with E-state index in [4.69, 9.17) is 0 Å². The van der Waals surface area contributed by atoms with Crippen LogP contribution in [0.2, 0.25) is 0 Å². The molecule has 2 amide bonds. The van der Waals surface area contributed by atoms with Crippen molar-refractivity contribution in [3.05, 3.63) is 35.5 Å². The van der Waals surface area contributed by atoms with Crippen molar-refractivity contribution < 1.29 is 9.59 Å². The van der Waals surface area contributed by atoms with Gasteiger partial charge >= 0.3 is 0 Å². The van der Waals surface area contributed by atoms with E-state index in [0.29, 0.717) is 11.1 Å². The molecule has 0 atom stereocenters. The summed E-state index contributed by atoms with van der Waals surface area (Å²) in [6.45, 7) is 7.58. The van der Waals surface area contributed by atoms with Gasteiger partial charge in [-0.15, -0.1) is 0 Å². The molecule has 3 heteroatoms. The van der Waals surface area contributed by atoms with Crippen LogP contribution in [0.25, 0.3) is 0 Å². The highest BCUT2D eigenvalue weighted by molar-refractivity contribution is 6.24. The van der Waals surface area contributed by atoms with Gasteiger partial charge in [0, 0.05) is 5.57 Å². The Hall–Kier alpha value is -1.64. The minimum atomic E-state index is -0.323. The summed E-state index contributed by atoms with van der Waals surface area (Å²) in [5.41, 5.74) is 0.883. The van der Waals surface area contributed by atoms with Crippen LogP contribution in [0.3, 0.4) is 0 Å². The van der Waals surface area contributed by atoms with Gasteiger partial charge in [-0.3, -0.25) is 14.9 Å². The standard InChI is InChI=1S/C10H11NO2.C2H6/c1-3-5-6-8-7(4-2)9(12)11-10(8)13;1-2/h3-6H,1-2H3,(H,11,12,13);1-2H3/b5-3+,7-4+,8-6+;. The van der Waals surface area contributed by atoms with Gasteiger partial charge in [-0.05, 0) is 19.9 Å². The van der Waals surface area contributed by atoms with Crippen molar-refractivity contribution >= 4 is 11.8 Å². The molecule has 1 heterocycles. The number of hydrogen-bond acceptors (Lipinski definition) is 2. The van der Waals surface area contributed by atoms with Crippen molar-refractivity contribution in [2.45, 2.75) is 27.7 Å². The molecule has 1 fully saturated rings. The summed E-state index contributed by atoms with van der Waals surface area (Å²) in [5, 5.41) is 2.23. The molecule has 0 radical (unpaired) electrons. The molecule has 1 aliphatic heterocycles. The zero-order valence-corrected chi connectivity index (χ0v) is 9.63. The first-order valence-electron chi connectivity index (χ1n) is 5.06. The van der Waals surface area contributed by atoms with Crippen molar-refractivity contribution in [3.63, 3.8) is 0 Å². The number of hydrogen-bond donors (Lipinski definition) is 1. The molecule has 1 aliphatic rings. The molecule has 15 heavy (non-hydrogen) atoms. The zero-order valence-electron chi connectivity index (χ0n) is 9.63. The quantitative estimate of drug-likeness (QED) is 0.529. The summed E-state index contributed by atoms with van der Waals surface area (Å²) < 4.78 is 0. The highest BCUT2D eigenvalue weighted by atomic mass is 16.2. The Kier molecular flexibility index (Phi) is 6.02. The van der Waals surface area contributed by atoms with E-state index in [9.17, 15) is 9.59 Å². The van der Waals surface area contributed by atoms with Crippen LogP contribution in [-0.4, -0.2) is 11.8 Å². The van der Waals surface area contributed by atoms with Gasteiger partial charge in [-0.2, -0.15) is 0 Å². The highest BCUT2D eigenvalue weighted by Crippen LogP contribution is 2.16. The lowest BCUT2D eigenvalue weighted by Crippen LogP contribution is -2.19. The Morgan fingerprint density at radius 3 is 2.00 bits per heavy atom. The maximum absolute atomic E-state index is 11.2.